The third kappa shape index (κ3) is 5.76. The number of nitrogens with one attached hydrogen (secondary N) is 1. The number of amides is 2. The summed E-state index contributed by atoms with van der Waals surface area (Å²) in [5.41, 5.74) is 2.69. The van der Waals surface area contributed by atoms with E-state index in [1.54, 1.807) is 35.2 Å². The number of likely N-dealkylation sites (tertiary alicyclic amines) is 1. The van der Waals surface area contributed by atoms with Gasteiger partial charge in [0.1, 0.15) is 6.33 Å². The van der Waals surface area contributed by atoms with Crippen LogP contribution in [0.3, 0.4) is 0 Å². The van der Waals surface area contributed by atoms with Crippen LogP contribution in [0.5, 0.6) is 0 Å². The normalized spacial score (nSPS) is 14.3. The Labute approximate surface area is 192 Å². The van der Waals surface area contributed by atoms with Crippen LogP contribution in [0.15, 0.2) is 66.1 Å². The van der Waals surface area contributed by atoms with Gasteiger partial charge in [0.15, 0.2) is 5.16 Å². The van der Waals surface area contributed by atoms with Gasteiger partial charge in [0, 0.05) is 31.4 Å². The number of hydrogen-bond acceptors (Lipinski definition) is 5. The SMILES string of the molecule is Cn1cnnc1SCC(=O)Nc1ccc(C(=O)N2CCC(Cc3ccccc3)CC2)cc1. The minimum Gasteiger partial charge on any atom is -0.339 e. The van der Waals surface area contributed by atoms with Crippen LogP contribution in [-0.2, 0) is 18.3 Å². The van der Waals surface area contributed by atoms with Crippen LogP contribution in [0.25, 0.3) is 0 Å². The van der Waals surface area contributed by atoms with E-state index in [2.05, 4.69) is 39.8 Å². The summed E-state index contributed by atoms with van der Waals surface area (Å²) < 4.78 is 1.77. The second-order valence-corrected chi connectivity index (χ2v) is 9.01. The molecule has 0 aliphatic carbocycles. The highest BCUT2D eigenvalue weighted by Crippen LogP contribution is 2.23. The zero-order valence-corrected chi connectivity index (χ0v) is 18.9. The lowest BCUT2D eigenvalue weighted by atomic mass is 9.90. The third-order valence-corrected chi connectivity index (χ3v) is 6.72. The van der Waals surface area contributed by atoms with E-state index in [1.807, 2.05) is 18.0 Å². The van der Waals surface area contributed by atoms with Crippen molar-refractivity contribution in [3.8, 4) is 0 Å². The Balaban J connectivity index is 1.24. The summed E-state index contributed by atoms with van der Waals surface area (Å²) in [6.07, 6.45) is 4.73. The molecule has 8 heteroatoms. The van der Waals surface area contributed by atoms with E-state index in [0.29, 0.717) is 22.3 Å². The molecule has 0 bridgehead atoms. The molecule has 1 aliphatic heterocycles. The van der Waals surface area contributed by atoms with Gasteiger partial charge in [0.25, 0.3) is 5.91 Å². The monoisotopic (exact) mass is 449 g/mol. The lowest BCUT2D eigenvalue weighted by molar-refractivity contribution is -0.113. The molecule has 1 aliphatic rings. The van der Waals surface area contributed by atoms with Crippen LogP contribution in [0, 0.1) is 5.92 Å². The molecular weight excluding hydrogens is 422 g/mol. The van der Waals surface area contributed by atoms with Crippen LogP contribution in [0.2, 0.25) is 0 Å². The highest BCUT2D eigenvalue weighted by atomic mass is 32.2. The van der Waals surface area contributed by atoms with E-state index in [9.17, 15) is 9.59 Å². The molecule has 1 N–H and O–H groups in total. The first-order chi connectivity index (χ1) is 15.6. The molecule has 1 aromatic heterocycles. The molecule has 0 atom stereocenters. The van der Waals surface area contributed by atoms with Gasteiger partial charge in [-0.2, -0.15) is 0 Å². The zero-order chi connectivity index (χ0) is 22.3. The lowest BCUT2D eigenvalue weighted by Crippen LogP contribution is -2.38. The number of anilines is 1. The largest absolute Gasteiger partial charge is 0.339 e. The molecule has 3 aromatic rings. The number of carbonyl (C=O) groups is 2. The molecule has 0 saturated carbocycles. The molecule has 2 heterocycles. The van der Waals surface area contributed by atoms with Crippen molar-refractivity contribution in [2.24, 2.45) is 13.0 Å². The topological polar surface area (TPSA) is 80.1 Å². The number of aryl methyl sites for hydroxylation is 1. The fourth-order valence-corrected chi connectivity index (χ4v) is 4.58. The van der Waals surface area contributed by atoms with Gasteiger partial charge < -0.3 is 14.8 Å². The summed E-state index contributed by atoms with van der Waals surface area (Å²) in [5, 5.41) is 11.3. The smallest absolute Gasteiger partial charge is 0.253 e. The van der Waals surface area contributed by atoms with Gasteiger partial charge in [0.05, 0.1) is 5.75 Å². The predicted octanol–water partition coefficient (Wildman–Crippen LogP) is 3.64. The van der Waals surface area contributed by atoms with Crippen LogP contribution in [-0.4, -0.2) is 50.3 Å². The first kappa shape index (κ1) is 22.1. The van der Waals surface area contributed by atoms with Crippen molar-refractivity contribution in [2.45, 2.75) is 24.4 Å². The molecule has 2 amide bonds. The highest BCUT2D eigenvalue weighted by Gasteiger charge is 2.23. The molecule has 4 rings (SSSR count). The van der Waals surface area contributed by atoms with Gasteiger partial charge in [-0.05, 0) is 55.0 Å². The van der Waals surface area contributed by atoms with Crippen molar-refractivity contribution in [1.82, 2.24) is 19.7 Å². The third-order valence-electron chi connectivity index (χ3n) is 5.69. The van der Waals surface area contributed by atoms with E-state index in [1.165, 1.54) is 17.3 Å². The van der Waals surface area contributed by atoms with Gasteiger partial charge in [-0.1, -0.05) is 42.1 Å². The predicted molar refractivity (Wildman–Crippen MR) is 126 cm³/mol. The molecule has 1 fully saturated rings. The Hall–Kier alpha value is -3.13. The summed E-state index contributed by atoms with van der Waals surface area (Å²) in [6, 6.07) is 17.7. The van der Waals surface area contributed by atoms with Gasteiger partial charge in [-0.25, -0.2) is 0 Å². The Bertz CT molecular complexity index is 1040. The van der Waals surface area contributed by atoms with Gasteiger partial charge in [-0.3, -0.25) is 9.59 Å². The number of nitrogens with zero attached hydrogens (tertiary/aromatic N) is 4. The second kappa shape index (κ2) is 10.5. The van der Waals surface area contributed by atoms with Crippen molar-refractivity contribution in [3.63, 3.8) is 0 Å². The van der Waals surface area contributed by atoms with E-state index < -0.39 is 0 Å². The van der Waals surface area contributed by atoms with E-state index in [-0.39, 0.29) is 17.6 Å². The number of thioether (sulfide) groups is 1. The molecule has 0 unspecified atom stereocenters. The molecule has 0 spiro atoms. The Morgan fingerprint density at radius 2 is 1.78 bits per heavy atom. The Kier molecular flexibility index (Phi) is 7.21. The van der Waals surface area contributed by atoms with Crippen LogP contribution < -0.4 is 5.32 Å². The van der Waals surface area contributed by atoms with Crippen molar-refractivity contribution in [2.75, 3.05) is 24.2 Å². The summed E-state index contributed by atoms with van der Waals surface area (Å²) >= 11 is 1.32. The van der Waals surface area contributed by atoms with Gasteiger partial charge in [0.2, 0.25) is 5.91 Å². The standard InChI is InChI=1S/C24H27N5O2S/c1-28-17-25-27-24(28)32-16-22(30)26-21-9-7-20(8-10-21)23(31)29-13-11-19(12-14-29)15-18-5-3-2-4-6-18/h2-10,17,19H,11-16H2,1H3,(H,26,30). The lowest BCUT2D eigenvalue weighted by Gasteiger charge is -2.32. The molecule has 0 radical (unpaired) electrons. The first-order valence-corrected chi connectivity index (χ1v) is 11.8. The van der Waals surface area contributed by atoms with Crippen molar-refractivity contribution in [1.29, 1.82) is 0 Å². The van der Waals surface area contributed by atoms with Crippen molar-refractivity contribution >= 4 is 29.3 Å². The maximum atomic E-state index is 12.9. The van der Waals surface area contributed by atoms with Gasteiger partial charge >= 0.3 is 0 Å². The average Bonchev–Trinajstić information content (AvgIpc) is 3.23. The summed E-state index contributed by atoms with van der Waals surface area (Å²) in [5.74, 6) is 0.792. The maximum absolute atomic E-state index is 12.9. The van der Waals surface area contributed by atoms with Crippen molar-refractivity contribution in [3.05, 3.63) is 72.1 Å². The highest BCUT2D eigenvalue weighted by molar-refractivity contribution is 7.99. The number of rotatable bonds is 7. The fraction of sp³-hybridized carbons (Fsp3) is 0.333. The minimum absolute atomic E-state index is 0.0545. The van der Waals surface area contributed by atoms with E-state index in [0.717, 1.165) is 32.4 Å². The average molecular weight is 450 g/mol. The van der Waals surface area contributed by atoms with Crippen molar-refractivity contribution < 1.29 is 9.59 Å². The summed E-state index contributed by atoms with van der Waals surface area (Å²) in [4.78, 5) is 27.0. The number of benzene rings is 2. The molecule has 1 saturated heterocycles. The quantitative estimate of drug-likeness (QED) is 0.557. The molecular formula is C24H27N5O2S. The Morgan fingerprint density at radius 3 is 2.44 bits per heavy atom. The summed E-state index contributed by atoms with van der Waals surface area (Å²) in [6.45, 7) is 1.57. The molecule has 32 heavy (non-hydrogen) atoms. The molecule has 7 nitrogen and oxygen atoms in total. The van der Waals surface area contributed by atoms with Crippen LogP contribution >= 0.6 is 11.8 Å². The van der Waals surface area contributed by atoms with Crippen LogP contribution in [0.1, 0.15) is 28.8 Å². The molecule has 166 valence electrons. The molecule has 2 aromatic carbocycles. The first-order valence-electron chi connectivity index (χ1n) is 10.8. The number of aromatic nitrogens is 3. The maximum Gasteiger partial charge on any atom is 0.253 e. The zero-order valence-electron chi connectivity index (χ0n) is 18.1. The fourth-order valence-electron chi connectivity index (χ4n) is 3.90. The minimum atomic E-state index is -0.127. The number of carbonyl (C=O) groups excluding carboxylic acids is 2. The second-order valence-electron chi connectivity index (χ2n) is 8.06. The van der Waals surface area contributed by atoms with E-state index in [4.69, 9.17) is 0 Å². The number of hydrogen-bond donors (Lipinski definition) is 1. The van der Waals surface area contributed by atoms with Gasteiger partial charge in [-0.15, -0.1) is 10.2 Å². The number of piperidine rings is 1. The van der Waals surface area contributed by atoms with E-state index >= 15 is 0 Å². The Morgan fingerprint density at radius 1 is 1.06 bits per heavy atom. The summed E-state index contributed by atoms with van der Waals surface area (Å²) in [7, 11) is 1.84. The van der Waals surface area contributed by atoms with Crippen LogP contribution in [0.4, 0.5) is 5.69 Å².